The first-order valence-electron chi connectivity index (χ1n) is 6.25. The summed E-state index contributed by atoms with van der Waals surface area (Å²) >= 11 is 0. The van der Waals surface area contributed by atoms with Crippen LogP contribution in [0, 0.1) is 0 Å². The van der Waals surface area contributed by atoms with E-state index in [4.69, 9.17) is 15.2 Å². The molecule has 2 atom stereocenters. The van der Waals surface area contributed by atoms with Gasteiger partial charge in [0.15, 0.2) is 0 Å². The number of ether oxygens (including phenoxy) is 2. The van der Waals surface area contributed by atoms with E-state index in [1.807, 2.05) is 6.07 Å². The van der Waals surface area contributed by atoms with Gasteiger partial charge in [0.05, 0.1) is 13.2 Å². The summed E-state index contributed by atoms with van der Waals surface area (Å²) in [5, 5.41) is 0. The molecule has 0 heterocycles. The van der Waals surface area contributed by atoms with Crippen LogP contribution in [0.5, 0.6) is 0 Å². The minimum Gasteiger partial charge on any atom is -0.465 e. The van der Waals surface area contributed by atoms with E-state index in [1.54, 1.807) is 38.1 Å². The first-order chi connectivity index (χ1) is 9.11. The predicted octanol–water partition coefficient (Wildman–Crippen LogP) is 1.22. The second-order valence-electron chi connectivity index (χ2n) is 3.92. The molecule has 104 valence electrons. The smallest absolute Gasteiger partial charge is 0.324 e. The molecule has 2 unspecified atom stereocenters. The SMILES string of the molecule is CCOC(=O)C(N)C(C(=O)OCC)c1ccccc1. The lowest BCUT2D eigenvalue weighted by atomic mass is 9.92. The normalized spacial score (nSPS) is 13.4. The van der Waals surface area contributed by atoms with Crippen molar-refractivity contribution < 1.29 is 19.1 Å². The van der Waals surface area contributed by atoms with Crippen LogP contribution in [0.1, 0.15) is 25.3 Å². The van der Waals surface area contributed by atoms with Gasteiger partial charge < -0.3 is 15.2 Å². The van der Waals surface area contributed by atoms with E-state index >= 15 is 0 Å². The highest BCUT2D eigenvalue weighted by Crippen LogP contribution is 2.21. The summed E-state index contributed by atoms with van der Waals surface area (Å²) in [5.41, 5.74) is 6.48. The fraction of sp³-hybridized carbons (Fsp3) is 0.429. The summed E-state index contributed by atoms with van der Waals surface area (Å²) in [4.78, 5) is 23.7. The van der Waals surface area contributed by atoms with E-state index in [2.05, 4.69) is 0 Å². The van der Waals surface area contributed by atoms with Gasteiger partial charge in [0.1, 0.15) is 12.0 Å². The molecule has 1 aromatic carbocycles. The maximum Gasteiger partial charge on any atom is 0.324 e. The average Bonchev–Trinajstić information content (AvgIpc) is 2.40. The van der Waals surface area contributed by atoms with Gasteiger partial charge in [-0.2, -0.15) is 0 Å². The number of hydrogen-bond donors (Lipinski definition) is 1. The van der Waals surface area contributed by atoms with E-state index < -0.39 is 23.9 Å². The van der Waals surface area contributed by atoms with E-state index in [-0.39, 0.29) is 13.2 Å². The number of nitrogens with two attached hydrogens (primary N) is 1. The molecule has 1 rings (SSSR count). The number of esters is 2. The van der Waals surface area contributed by atoms with Gasteiger partial charge in [-0.3, -0.25) is 9.59 Å². The molecule has 5 heteroatoms. The maximum absolute atomic E-state index is 12.0. The Hall–Kier alpha value is -1.88. The van der Waals surface area contributed by atoms with Gasteiger partial charge >= 0.3 is 11.9 Å². The lowest BCUT2D eigenvalue weighted by Crippen LogP contribution is -2.42. The quantitative estimate of drug-likeness (QED) is 0.782. The zero-order chi connectivity index (χ0) is 14.3. The van der Waals surface area contributed by atoms with Crippen molar-refractivity contribution in [2.24, 2.45) is 5.73 Å². The Bertz CT molecular complexity index is 419. The average molecular weight is 265 g/mol. The third kappa shape index (κ3) is 4.06. The molecule has 0 saturated heterocycles. The molecule has 0 aliphatic rings. The van der Waals surface area contributed by atoms with Crippen molar-refractivity contribution in [3.05, 3.63) is 35.9 Å². The van der Waals surface area contributed by atoms with Crippen LogP contribution in [-0.4, -0.2) is 31.2 Å². The molecule has 0 spiro atoms. The number of rotatable bonds is 6. The molecule has 0 saturated carbocycles. The highest BCUT2D eigenvalue weighted by molar-refractivity contribution is 5.88. The second kappa shape index (κ2) is 7.53. The van der Waals surface area contributed by atoms with Crippen molar-refractivity contribution in [3.63, 3.8) is 0 Å². The molecule has 0 amide bonds. The van der Waals surface area contributed by atoms with Crippen LogP contribution in [0.2, 0.25) is 0 Å². The van der Waals surface area contributed by atoms with Crippen molar-refractivity contribution in [3.8, 4) is 0 Å². The Balaban J connectivity index is 2.99. The molecule has 0 aliphatic heterocycles. The fourth-order valence-corrected chi connectivity index (χ4v) is 1.76. The Kier molecular flexibility index (Phi) is 6.02. The minimum absolute atomic E-state index is 0.219. The van der Waals surface area contributed by atoms with Crippen LogP contribution >= 0.6 is 0 Å². The molecule has 0 aromatic heterocycles. The summed E-state index contributed by atoms with van der Waals surface area (Å²) in [6.07, 6.45) is 0. The molecular weight excluding hydrogens is 246 g/mol. The van der Waals surface area contributed by atoms with Crippen molar-refractivity contribution >= 4 is 11.9 Å². The minimum atomic E-state index is -1.07. The van der Waals surface area contributed by atoms with E-state index in [0.29, 0.717) is 5.56 Å². The monoisotopic (exact) mass is 265 g/mol. The number of benzene rings is 1. The first kappa shape index (κ1) is 15.2. The Labute approximate surface area is 112 Å². The van der Waals surface area contributed by atoms with Crippen LogP contribution in [0.25, 0.3) is 0 Å². The number of carbonyl (C=O) groups excluding carboxylic acids is 2. The van der Waals surface area contributed by atoms with Gasteiger partial charge in [-0.05, 0) is 19.4 Å². The molecule has 1 aromatic rings. The Morgan fingerprint density at radius 1 is 1.05 bits per heavy atom. The molecule has 0 aliphatic carbocycles. The summed E-state index contributed by atoms with van der Waals surface area (Å²) in [6, 6.07) is 7.78. The largest absolute Gasteiger partial charge is 0.465 e. The van der Waals surface area contributed by atoms with Crippen molar-refractivity contribution in [2.45, 2.75) is 25.8 Å². The van der Waals surface area contributed by atoms with Gasteiger partial charge in [0.25, 0.3) is 0 Å². The lowest BCUT2D eigenvalue weighted by Gasteiger charge is -2.21. The van der Waals surface area contributed by atoms with Crippen molar-refractivity contribution in [1.82, 2.24) is 0 Å². The van der Waals surface area contributed by atoms with Crippen molar-refractivity contribution in [2.75, 3.05) is 13.2 Å². The molecule has 0 bridgehead atoms. The predicted molar refractivity (Wildman–Crippen MR) is 70.4 cm³/mol. The fourth-order valence-electron chi connectivity index (χ4n) is 1.76. The van der Waals surface area contributed by atoms with Crippen LogP contribution in [-0.2, 0) is 19.1 Å². The summed E-state index contributed by atoms with van der Waals surface area (Å²) < 4.78 is 9.84. The third-order valence-corrected chi connectivity index (χ3v) is 2.62. The van der Waals surface area contributed by atoms with Crippen LogP contribution in [0.15, 0.2) is 30.3 Å². The number of hydrogen-bond acceptors (Lipinski definition) is 5. The summed E-state index contributed by atoms with van der Waals surface area (Å²) in [6.45, 7) is 3.84. The standard InChI is InChI=1S/C14H19NO4/c1-3-18-13(16)11(10-8-6-5-7-9-10)12(15)14(17)19-4-2/h5-9,11-12H,3-4,15H2,1-2H3. The molecule has 0 fully saturated rings. The third-order valence-electron chi connectivity index (χ3n) is 2.62. The Morgan fingerprint density at radius 2 is 1.58 bits per heavy atom. The molecule has 0 radical (unpaired) electrons. The van der Waals surface area contributed by atoms with E-state index in [0.717, 1.165) is 0 Å². The molecule has 19 heavy (non-hydrogen) atoms. The van der Waals surface area contributed by atoms with Gasteiger partial charge in [-0.25, -0.2) is 0 Å². The summed E-state index contributed by atoms with van der Waals surface area (Å²) in [7, 11) is 0. The second-order valence-corrected chi connectivity index (χ2v) is 3.92. The zero-order valence-corrected chi connectivity index (χ0v) is 11.2. The van der Waals surface area contributed by atoms with Crippen LogP contribution < -0.4 is 5.73 Å². The number of carbonyl (C=O) groups is 2. The molecular formula is C14H19NO4. The zero-order valence-electron chi connectivity index (χ0n) is 11.2. The highest BCUT2D eigenvalue weighted by atomic mass is 16.5. The van der Waals surface area contributed by atoms with Crippen LogP contribution in [0.4, 0.5) is 0 Å². The highest BCUT2D eigenvalue weighted by Gasteiger charge is 2.34. The first-order valence-corrected chi connectivity index (χ1v) is 6.25. The molecule has 2 N–H and O–H groups in total. The van der Waals surface area contributed by atoms with E-state index in [9.17, 15) is 9.59 Å². The van der Waals surface area contributed by atoms with Gasteiger partial charge in [0, 0.05) is 0 Å². The Morgan fingerprint density at radius 3 is 2.11 bits per heavy atom. The van der Waals surface area contributed by atoms with Gasteiger partial charge in [-0.15, -0.1) is 0 Å². The maximum atomic E-state index is 12.0. The molecule has 5 nitrogen and oxygen atoms in total. The van der Waals surface area contributed by atoms with E-state index in [1.165, 1.54) is 0 Å². The van der Waals surface area contributed by atoms with Crippen molar-refractivity contribution in [1.29, 1.82) is 0 Å². The lowest BCUT2D eigenvalue weighted by molar-refractivity contribution is -0.153. The van der Waals surface area contributed by atoms with Gasteiger partial charge in [-0.1, -0.05) is 30.3 Å². The summed E-state index contributed by atoms with van der Waals surface area (Å²) in [5.74, 6) is -1.97. The topological polar surface area (TPSA) is 78.6 Å². The van der Waals surface area contributed by atoms with Crippen LogP contribution in [0.3, 0.4) is 0 Å². The van der Waals surface area contributed by atoms with Gasteiger partial charge in [0.2, 0.25) is 0 Å².